The molecule has 2 aromatic rings. The van der Waals surface area contributed by atoms with E-state index in [1.54, 1.807) is 0 Å². The second kappa shape index (κ2) is 14.0. The molecule has 4 N–H and O–H groups in total. The second-order valence-corrected chi connectivity index (χ2v) is 10.3. The fourth-order valence-electron chi connectivity index (χ4n) is 4.75. The molecule has 2 bridgehead atoms. The van der Waals surface area contributed by atoms with Gasteiger partial charge in [0.1, 0.15) is 11.6 Å². The number of nitrogens with one attached hydrogen (secondary N) is 2. The number of benzene rings is 1. The van der Waals surface area contributed by atoms with Crippen LogP contribution >= 0.6 is 11.6 Å². The molecular weight excluding hydrogens is 608 g/mol. The van der Waals surface area contributed by atoms with E-state index in [1.807, 2.05) is 6.92 Å². The smallest absolute Gasteiger partial charge is 0.484 e. The fourth-order valence-corrected chi connectivity index (χ4v) is 4.87. The van der Waals surface area contributed by atoms with Crippen LogP contribution in [-0.4, -0.2) is 81.1 Å². The number of carboxylic acids is 1. The number of carbonyl (C=O) groups is 3. The van der Waals surface area contributed by atoms with Crippen molar-refractivity contribution in [2.45, 2.75) is 62.4 Å². The number of carbonyl (C=O) groups excluding carboxylic acids is 2. The molecule has 1 atom stereocenters. The third-order valence-electron chi connectivity index (χ3n) is 6.87. The molecule has 3 saturated carbocycles. The van der Waals surface area contributed by atoms with Crippen molar-refractivity contribution in [2.75, 3.05) is 19.8 Å². The van der Waals surface area contributed by atoms with Crippen molar-refractivity contribution in [3.05, 3.63) is 41.4 Å². The van der Waals surface area contributed by atoms with Gasteiger partial charge in [0, 0.05) is 11.6 Å². The molecule has 0 saturated heterocycles. The van der Waals surface area contributed by atoms with Crippen molar-refractivity contribution in [3.63, 3.8) is 0 Å². The van der Waals surface area contributed by atoms with Gasteiger partial charge in [0.2, 0.25) is 0 Å². The molecule has 1 aromatic heterocycles. The Kier molecular flexibility index (Phi) is 11.0. The van der Waals surface area contributed by atoms with Crippen LogP contribution in [0.5, 0.6) is 17.5 Å². The number of aromatic nitrogens is 2. The SMILES string of the molecule is CCOc1ncc(OCC(=O)NC23CCC(NC(=O)COc4ccc(Cl)c(F)c4)(CC2)[C@@H](O)C3)cn1.O=C(O)C(F)(F)F. The van der Waals surface area contributed by atoms with Gasteiger partial charge in [0.15, 0.2) is 19.0 Å². The molecule has 0 spiro atoms. The van der Waals surface area contributed by atoms with E-state index in [4.69, 9.17) is 35.7 Å². The standard InChI is InChI=1S/C24H28ClFN4O6.C2HF3O2/c1-2-34-22-27-11-16(12-28-22)36-13-20(32)29-23-5-7-24(8-6-23,19(31)10-23)30-21(33)14-35-15-3-4-17(25)18(26)9-15;3-2(4,5)1(6)7/h3-4,9,11-12,19,31H,2,5-8,10,13-14H2,1H3,(H,29,32)(H,30,33);(H,6,7)/t19-,23?,24?;/m0./s1. The highest BCUT2D eigenvalue weighted by Crippen LogP contribution is 2.47. The molecule has 1 aromatic carbocycles. The van der Waals surface area contributed by atoms with Crippen molar-refractivity contribution < 1.29 is 56.4 Å². The van der Waals surface area contributed by atoms with E-state index in [-0.39, 0.29) is 35.9 Å². The summed E-state index contributed by atoms with van der Waals surface area (Å²) >= 11 is 5.65. The Labute approximate surface area is 247 Å². The number of fused-ring (bicyclic) bond motifs is 3. The minimum Gasteiger partial charge on any atom is -0.484 e. The lowest BCUT2D eigenvalue weighted by molar-refractivity contribution is -0.192. The van der Waals surface area contributed by atoms with Gasteiger partial charge in [-0.3, -0.25) is 9.59 Å². The number of halogens is 5. The van der Waals surface area contributed by atoms with Crippen LogP contribution in [0.2, 0.25) is 5.02 Å². The lowest BCUT2D eigenvalue weighted by Gasteiger charge is -2.56. The summed E-state index contributed by atoms with van der Waals surface area (Å²) in [6.07, 6.45) is -0.618. The van der Waals surface area contributed by atoms with Gasteiger partial charge in [-0.15, -0.1) is 0 Å². The third kappa shape index (κ3) is 9.28. The van der Waals surface area contributed by atoms with Crippen molar-refractivity contribution in [1.82, 2.24) is 20.6 Å². The molecule has 5 rings (SSSR count). The molecule has 1 heterocycles. The van der Waals surface area contributed by atoms with Crippen LogP contribution in [0.1, 0.15) is 39.0 Å². The summed E-state index contributed by atoms with van der Waals surface area (Å²) in [6.45, 7) is 1.72. The molecule has 0 unspecified atom stereocenters. The first-order valence-electron chi connectivity index (χ1n) is 12.9. The third-order valence-corrected chi connectivity index (χ3v) is 7.17. The van der Waals surface area contributed by atoms with Gasteiger partial charge in [-0.1, -0.05) is 11.6 Å². The predicted octanol–water partition coefficient (Wildman–Crippen LogP) is 2.81. The van der Waals surface area contributed by atoms with Crippen LogP contribution < -0.4 is 24.8 Å². The van der Waals surface area contributed by atoms with Crippen LogP contribution in [0.3, 0.4) is 0 Å². The maximum Gasteiger partial charge on any atom is 0.490 e. The molecular formula is C26H29ClF4N4O8. The summed E-state index contributed by atoms with van der Waals surface area (Å²) in [7, 11) is 0. The molecule has 2 amide bonds. The van der Waals surface area contributed by atoms with Crippen LogP contribution in [-0.2, 0) is 14.4 Å². The Morgan fingerprint density at radius 3 is 2.07 bits per heavy atom. The van der Waals surface area contributed by atoms with E-state index in [0.29, 0.717) is 44.5 Å². The number of amides is 2. The molecule has 3 aliphatic carbocycles. The van der Waals surface area contributed by atoms with Gasteiger partial charge in [-0.2, -0.15) is 23.1 Å². The molecule has 43 heavy (non-hydrogen) atoms. The predicted molar refractivity (Wildman–Crippen MR) is 140 cm³/mol. The quantitative estimate of drug-likeness (QED) is 0.285. The van der Waals surface area contributed by atoms with E-state index >= 15 is 0 Å². The zero-order chi connectivity index (χ0) is 31.8. The number of hydrogen-bond donors (Lipinski definition) is 4. The lowest BCUT2D eigenvalue weighted by atomic mass is 9.60. The summed E-state index contributed by atoms with van der Waals surface area (Å²) in [4.78, 5) is 42.0. The zero-order valence-corrected chi connectivity index (χ0v) is 23.5. The van der Waals surface area contributed by atoms with Gasteiger partial charge in [-0.05, 0) is 51.2 Å². The minimum absolute atomic E-state index is 0.0365. The largest absolute Gasteiger partial charge is 0.490 e. The van der Waals surface area contributed by atoms with Crippen molar-refractivity contribution in [1.29, 1.82) is 0 Å². The number of ether oxygens (including phenoxy) is 3. The number of aliphatic hydroxyl groups is 1. The van der Waals surface area contributed by atoms with Crippen molar-refractivity contribution in [3.8, 4) is 17.5 Å². The molecule has 0 radical (unpaired) electrons. The van der Waals surface area contributed by atoms with Gasteiger partial charge in [0.25, 0.3) is 11.8 Å². The first-order valence-corrected chi connectivity index (χ1v) is 13.3. The number of alkyl halides is 3. The first kappa shape index (κ1) is 33.6. The topological polar surface area (TPSA) is 169 Å². The minimum atomic E-state index is -5.08. The lowest BCUT2D eigenvalue weighted by Crippen LogP contribution is -2.70. The summed E-state index contributed by atoms with van der Waals surface area (Å²) in [6, 6.07) is 4.15. The van der Waals surface area contributed by atoms with Gasteiger partial charge < -0.3 is 35.1 Å². The van der Waals surface area contributed by atoms with Gasteiger partial charge in [-0.25, -0.2) is 9.18 Å². The summed E-state index contributed by atoms with van der Waals surface area (Å²) in [5.41, 5.74) is -1.37. The number of aliphatic hydroxyl groups excluding tert-OH is 1. The monoisotopic (exact) mass is 636 g/mol. The first-order chi connectivity index (χ1) is 20.2. The summed E-state index contributed by atoms with van der Waals surface area (Å²) in [5.74, 6) is -3.62. The van der Waals surface area contributed by atoms with E-state index in [2.05, 4.69) is 20.6 Å². The van der Waals surface area contributed by atoms with Crippen LogP contribution in [0.25, 0.3) is 0 Å². The highest BCUT2D eigenvalue weighted by molar-refractivity contribution is 6.30. The Balaban J connectivity index is 0.000000646. The highest BCUT2D eigenvalue weighted by atomic mass is 35.5. The molecule has 0 aliphatic heterocycles. The fraction of sp³-hybridized carbons (Fsp3) is 0.500. The molecule has 17 heteroatoms. The maximum absolute atomic E-state index is 13.6. The van der Waals surface area contributed by atoms with E-state index in [0.717, 1.165) is 6.07 Å². The number of rotatable bonds is 10. The van der Waals surface area contributed by atoms with Crippen molar-refractivity contribution >= 4 is 29.4 Å². The highest BCUT2D eigenvalue weighted by Gasteiger charge is 2.55. The van der Waals surface area contributed by atoms with Crippen LogP contribution in [0, 0.1) is 5.82 Å². The molecule has 12 nitrogen and oxygen atoms in total. The Hall–Kier alpha value is -3.92. The Morgan fingerprint density at radius 1 is 1.00 bits per heavy atom. The summed E-state index contributed by atoms with van der Waals surface area (Å²) < 4.78 is 61.3. The Bertz CT molecular complexity index is 1290. The zero-order valence-electron chi connectivity index (χ0n) is 22.7. The van der Waals surface area contributed by atoms with E-state index < -0.39 is 41.1 Å². The van der Waals surface area contributed by atoms with Crippen LogP contribution in [0.4, 0.5) is 17.6 Å². The van der Waals surface area contributed by atoms with Crippen LogP contribution in [0.15, 0.2) is 30.6 Å². The molecule has 236 valence electrons. The number of carboxylic acid groups (broad SMARTS) is 1. The molecule has 3 aliphatic rings. The number of aliphatic carboxylic acids is 1. The Morgan fingerprint density at radius 2 is 1.56 bits per heavy atom. The number of nitrogens with zero attached hydrogens (tertiary/aromatic N) is 2. The van der Waals surface area contributed by atoms with Crippen molar-refractivity contribution in [2.24, 2.45) is 0 Å². The van der Waals surface area contributed by atoms with E-state index in [1.165, 1.54) is 24.5 Å². The average Bonchev–Trinajstić information content (AvgIpc) is 2.94. The normalized spacial score (nSPS) is 22.4. The van der Waals surface area contributed by atoms with Gasteiger partial charge >= 0.3 is 18.2 Å². The number of hydrogen-bond acceptors (Lipinski definition) is 9. The summed E-state index contributed by atoms with van der Waals surface area (Å²) in [5, 5.41) is 23.9. The second-order valence-electron chi connectivity index (χ2n) is 9.84. The van der Waals surface area contributed by atoms with E-state index in [9.17, 15) is 32.3 Å². The average molecular weight is 637 g/mol. The van der Waals surface area contributed by atoms with Gasteiger partial charge in [0.05, 0.1) is 35.7 Å². The molecule has 3 fully saturated rings. The maximum atomic E-state index is 13.6.